The first-order valence-corrected chi connectivity index (χ1v) is 5.76. The Labute approximate surface area is 108 Å². The number of furan rings is 1. The molecule has 0 unspecified atom stereocenters. The molecule has 4 heteroatoms. The van der Waals surface area contributed by atoms with E-state index in [0.29, 0.717) is 22.1 Å². The maximum atomic E-state index is 13.1. The van der Waals surface area contributed by atoms with Crippen molar-refractivity contribution in [1.29, 1.82) is 0 Å². The Balaban J connectivity index is 2.16. The minimum Gasteiger partial charge on any atom is -0.456 e. The smallest absolute Gasteiger partial charge is 0.135 e. The molecule has 18 heavy (non-hydrogen) atoms. The van der Waals surface area contributed by atoms with Crippen LogP contribution in [0.3, 0.4) is 0 Å². The van der Waals surface area contributed by atoms with Gasteiger partial charge in [-0.15, -0.1) is 0 Å². The van der Waals surface area contributed by atoms with Crippen LogP contribution in [0.1, 0.15) is 0 Å². The molecule has 0 spiro atoms. The number of fused-ring (bicyclic) bond motifs is 1. The highest BCUT2D eigenvalue weighted by Gasteiger charge is 2.08. The zero-order valence-corrected chi connectivity index (χ0v) is 10.0. The lowest BCUT2D eigenvalue weighted by atomic mass is 10.1. The van der Waals surface area contributed by atoms with E-state index in [1.54, 1.807) is 24.3 Å². The van der Waals surface area contributed by atoms with Gasteiger partial charge in [0, 0.05) is 10.9 Å². The molecule has 0 atom stereocenters. The van der Waals surface area contributed by atoms with Crippen LogP contribution < -0.4 is 5.73 Å². The quantitative estimate of drug-likeness (QED) is 0.656. The zero-order chi connectivity index (χ0) is 12.7. The SMILES string of the molecule is Nc1ccc(-c2cc3cc(F)ccc3o2)cc1Cl. The largest absolute Gasteiger partial charge is 0.456 e. The van der Waals surface area contributed by atoms with Crippen LogP contribution in [0.2, 0.25) is 5.02 Å². The van der Waals surface area contributed by atoms with E-state index in [-0.39, 0.29) is 5.82 Å². The summed E-state index contributed by atoms with van der Waals surface area (Å²) >= 11 is 5.96. The molecule has 2 nitrogen and oxygen atoms in total. The maximum Gasteiger partial charge on any atom is 0.135 e. The van der Waals surface area contributed by atoms with Gasteiger partial charge in [-0.2, -0.15) is 0 Å². The van der Waals surface area contributed by atoms with E-state index in [1.807, 2.05) is 6.07 Å². The van der Waals surface area contributed by atoms with Crippen LogP contribution in [-0.2, 0) is 0 Å². The molecule has 3 aromatic rings. The fourth-order valence-corrected chi connectivity index (χ4v) is 2.02. The van der Waals surface area contributed by atoms with Gasteiger partial charge in [0.05, 0.1) is 10.7 Å². The van der Waals surface area contributed by atoms with E-state index < -0.39 is 0 Å². The first-order chi connectivity index (χ1) is 8.63. The fraction of sp³-hybridized carbons (Fsp3) is 0. The molecule has 90 valence electrons. The van der Waals surface area contributed by atoms with Gasteiger partial charge in [-0.25, -0.2) is 4.39 Å². The van der Waals surface area contributed by atoms with Crippen LogP contribution in [0.25, 0.3) is 22.3 Å². The summed E-state index contributed by atoms with van der Waals surface area (Å²) in [4.78, 5) is 0. The van der Waals surface area contributed by atoms with Gasteiger partial charge >= 0.3 is 0 Å². The van der Waals surface area contributed by atoms with E-state index in [2.05, 4.69) is 0 Å². The van der Waals surface area contributed by atoms with Gasteiger partial charge in [0.1, 0.15) is 17.2 Å². The normalized spacial score (nSPS) is 11.0. The van der Waals surface area contributed by atoms with Gasteiger partial charge in [-0.3, -0.25) is 0 Å². The molecule has 0 bridgehead atoms. The molecule has 0 saturated carbocycles. The molecule has 0 aliphatic rings. The van der Waals surface area contributed by atoms with Gasteiger partial charge in [-0.1, -0.05) is 11.6 Å². The second-order valence-corrected chi connectivity index (χ2v) is 4.44. The van der Waals surface area contributed by atoms with Crippen molar-refractivity contribution in [3.63, 3.8) is 0 Å². The van der Waals surface area contributed by atoms with Crippen molar-refractivity contribution < 1.29 is 8.81 Å². The molecule has 2 aromatic carbocycles. The molecule has 0 saturated heterocycles. The second-order valence-electron chi connectivity index (χ2n) is 4.03. The number of nitrogen functional groups attached to an aromatic ring is 1. The van der Waals surface area contributed by atoms with E-state index >= 15 is 0 Å². The van der Waals surface area contributed by atoms with Crippen molar-refractivity contribution in [2.75, 3.05) is 5.73 Å². The monoisotopic (exact) mass is 261 g/mol. The van der Waals surface area contributed by atoms with E-state index in [1.165, 1.54) is 12.1 Å². The van der Waals surface area contributed by atoms with E-state index in [4.69, 9.17) is 21.8 Å². The van der Waals surface area contributed by atoms with Crippen LogP contribution in [0, 0.1) is 5.82 Å². The average Bonchev–Trinajstić information content (AvgIpc) is 2.75. The summed E-state index contributed by atoms with van der Waals surface area (Å²) < 4.78 is 18.7. The van der Waals surface area contributed by atoms with Crippen LogP contribution >= 0.6 is 11.6 Å². The summed E-state index contributed by atoms with van der Waals surface area (Å²) in [6, 6.07) is 11.4. The number of anilines is 1. The Kier molecular flexibility index (Phi) is 2.49. The van der Waals surface area contributed by atoms with Crippen LogP contribution in [-0.4, -0.2) is 0 Å². The summed E-state index contributed by atoms with van der Waals surface area (Å²) in [5, 5.41) is 1.19. The standard InChI is InChI=1S/C14H9ClFNO/c15-11-6-8(1-3-12(11)17)14-7-9-5-10(16)2-4-13(9)18-14/h1-7H,17H2. The van der Waals surface area contributed by atoms with Crippen LogP contribution in [0.4, 0.5) is 10.1 Å². The van der Waals surface area contributed by atoms with Crippen molar-refractivity contribution in [3.05, 3.63) is 53.3 Å². The van der Waals surface area contributed by atoms with Gasteiger partial charge in [0.15, 0.2) is 0 Å². The molecule has 0 aliphatic carbocycles. The predicted octanol–water partition coefficient (Wildman–Crippen LogP) is 4.47. The number of nitrogens with two attached hydrogens (primary N) is 1. The van der Waals surface area contributed by atoms with Crippen molar-refractivity contribution >= 4 is 28.3 Å². The molecule has 1 aromatic heterocycles. The van der Waals surface area contributed by atoms with Gasteiger partial charge < -0.3 is 10.2 Å². The Bertz CT molecular complexity index is 736. The Morgan fingerprint density at radius 1 is 1.06 bits per heavy atom. The minimum absolute atomic E-state index is 0.287. The third-order valence-corrected chi connectivity index (χ3v) is 3.09. The minimum atomic E-state index is -0.287. The van der Waals surface area contributed by atoms with Gasteiger partial charge in [0.2, 0.25) is 0 Å². The zero-order valence-electron chi connectivity index (χ0n) is 9.28. The molecule has 3 rings (SSSR count). The van der Waals surface area contributed by atoms with Crippen molar-refractivity contribution in [2.45, 2.75) is 0 Å². The number of benzene rings is 2. The summed E-state index contributed by atoms with van der Waals surface area (Å²) in [7, 11) is 0. The Morgan fingerprint density at radius 2 is 1.89 bits per heavy atom. The fourth-order valence-electron chi connectivity index (χ4n) is 1.84. The summed E-state index contributed by atoms with van der Waals surface area (Å²) in [6.07, 6.45) is 0. The van der Waals surface area contributed by atoms with Crippen LogP contribution in [0.15, 0.2) is 46.9 Å². The lowest BCUT2D eigenvalue weighted by Crippen LogP contribution is -1.85. The Hall–Kier alpha value is -2.00. The third-order valence-electron chi connectivity index (χ3n) is 2.76. The van der Waals surface area contributed by atoms with Crippen molar-refractivity contribution in [1.82, 2.24) is 0 Å². The highest BCUT2D eigenvalue weighted by atomic mass is 35.5. The maximum absolute atomic E-state index is 13.1. The molecule has 2 N–H and O–H groups in total. The highest BCUT2D eigenvalue weighted by molar-refractivity contribution is 6.33. The summed E-state index contributed by atoms with van der Waals surface area (Å²) in [6.45, 7) is 0. The van der Waals surface area contributed by atoms with E-state index in [9.17, 15) is 4.39 Å². The highest BCUT2D eigenvalue weighted by Crippen LogP contribution is 2.31. The molecule has 0 fully saturated rings. The lowest BCUT2D eigenvalue weighted by Gasteiger charge is -2.00. The van der Waals surface area contributed by atoms with Gasteiger partial charge in [-0.05, 0) is 42.5 Å². The van der Waals surface area contributed by atoms with Crippen molar-refractivity contribution in [3.8, 4) is 11.3 Å². The van der Waals surface area contributed by atoms with Crippen molar-refractivity contribution in [2.24, 2.45) is 0 Å². The second kappa shape index (κ2) is 4.03. The molecular formula is C14H9ClFNO. The molecule has 0 aliphatic heterocycles. The van der Waals surface area contributed by atoms with Gasteiger partial charge in [0.25, 0.3) is 0 Å². The van der Waals surface area contributed by atoms with Crippen LogP contribution in [0.5, 0.6) is 0 Å². The van der Waals surface area contributed by atoms with E-state index in [0.717, 1.165) is 10.9 Å². The third kappa shape index (κ3) is 1.83. The number of hydrogen-bond acceptors (Lipinski definition) is 2. The first kappa shape index (κ1) is 11.1. The predicted molar refractivity (Wildman–Crippen MR) is 71.0 cm³/mol. The number of hydrogen-bond donors (Lipinski definition) is 1. The number of halogens is 2. The summed E-state index contributed by atoms with van der Waals surface area (Å²) in [5.41, 5.74) is 7.62. The Morgan fingerprint density at radius 3 is 2.67 bits per heavy atom. The molecule has 0 amide bonds. The lowest BCUT2D eigenvalue weighted by molar-refractivity contribution is 0.619. The summed E-state index contributed by atoms with van der Waals surface area (Å²) in [5.74, 6) is 0.350. The molecular weight excluding hydrogens is 253 g/mol. The average molecular weight is 262 g/mol. The molecule has 0 radical (unpaired) electrons. The molecule has 1 heterocycles. The number of rotatable bonds is 1. The first-order valence-electron chi connectivity index (χ1n) is 5.38. The topological polar surface area (TPSA) is 39.2 Å².